The Morgan fingerprint density at radius 3 is 2.30 bits per heavy atom. The third-order valence-corrected chi connectivity index (χ3v) is 5.71. The predicted molar refractivity (Wildman–Crippen MR) is 130 cm³/mol. The van der Waals surface area contributed by atoms with Gasteiger partial charge in [0.1, 0.15) is 5.75 Å². The van der Waals surface area contributed by atoms with Crippen molar-refractivity contribution >= 4 is 29.1 Å². The first kappa shape index (κ1) is 22.1. The zero-order chi connectivity index (χ0) is 23.4. The van der Waals surface area contributed by atoms with Crippen LogP contribution in [0.5, 0.6) is 5.75 Å². The quantitative estimate of drug-likeness (QED) is 0.491. The van der Waals surface area contributed by atoms with Crippen molar-refractivity contribution in [3.05, 3.63) is 95.1 Å². The van der Waals surface area contributed by atoms with E-state index in [9.17, 15) is 9.59 Å². The lowest BCUT2D eigenvalue weighted by Crippen LogP contribution is -2.13. The fraction of sp³-hybridized carbons (Fsp3) is 0.143. The number of hydrogen-bond donors (Lipinski definition) is 2. The van der Waals surface area contributed by atoms with Gasteiger partial charge in [0.15, 0.2) is 6.61 Å². The number of amides is 1. The van der Waals surface area contributed by atoms with Crippen LogP contribution in [0.4, 0.5) is 0 Å². The number of carboxylic acids is 1. The molecule has 5 heteroatoms. The minimum atomic E-state index is -1.06. The standard InChI is InChI=1S/C28H25NO4/c1-2-20-23(15-19-11-6-7-12-21(19)18-9-4-3-5-10-18)22-13-8-14-25(33-17-27(31)32)28(22)24(20)16-26(29)30/h3-15H,2,16-17H2,1H3,(H2,29,30)(H,31,32)/b23-15-. The number of aliphatic carboxylic acids is 1. The second kappa shape index (κ2) is 9.57. The number of ether oxygens (including phenoxy) is 1. The van der Waals surface area contributed by atoms with Gasteiger partial charge in [-0.15, -0.1) is 0 Å². The van der Waals surface area contributed by atoms with E-state index in [0.29, 0.717) is 12.2 Å². The van der Waals surface area contributed by atoms with E-state index in [1.54, 1.807) is 6.07 Å². The molecule has 0 radical (unpaired) electrons. The van der Waals surface area contributed by atoms with Gasteiger partial charge in [0.25, 0.3) is 0 Å². The van der Waals surface area contributed by atoms with Crippen molar-refractivity contribution in [1.29, 1.82) is 0 Å². The van der Waals surface area contributed by atoms with Gasteiger partial charge in [-0.1, -0.05) is 73.7 Å². The van der Waals surface area contributed by atoms with Crippen LogP contribution < -0.4 is 10.5 Å². The Labute approximate surface area is 192 Å². The van der Waals surface area contributed by atoms with Crippen LogP contribution in [0.2, 0.25) is 0 Å². The highest BCUT2D eigenvalue weighted by Crippen LogP contribution is 2.49. The van der Waals surface area contributed by atoms with E-state index in [4.69, 9.17) is 15.6 Å². The number of carbonyl (C=O) groups excluding carboxylic acids is 1. The molecule has 0 unspecified atom stereocenters. The van der Waals surface area contributed by atoms with Crippen LogP contribution in [-0.2, 0) is 9.59 Å². The molecule has 0 fully saturated rings. The van der Waals surface area contributed by atoms with Gasteiger partial charge >= 0.3 is 5.97 Å². The second-order valence-electron chi connectivity index (χ2n) is 7.83. The highest BCUT2D eigenvalue weighted by Gasteiger charge is 2.29. The van der Waals surface area contributed by atoms with Gasteiger partial charge in [-0.25, -0.2) is 4.79 Å². The summed E-state index contributed by atoms with van der Waals surface area (Å²) >= 11 is 0. The Bertz CT molecular complexity index is 1270. The van der Waals surface area contributed by atoms with Gasteiger partial charge in [0.05, 0.1) is 6.42 Å². The molecule has 33 heavy (non-hydrogen) atoms. The average molecular weight is 440 g/mol. The Kier molecular flexibility index (Phi) is 6.41. The molecule has 1 amide bonds. The summed E-state index contributed by atoms with van der Waals surface area (Å²) in [6.07, 6.45) is 2.88. The number of hydrogen-bond acceptors (Lipinski definition) is 3. The van der Waals surface area contributed by atoms with E-state index in [0.717, 1.165) is 44.5 Å². The SMILES string of the molecule is CCC1=C(CC(N)=O)c2c(OCC(=O)O)cccc2/C1=C\c1ccccc1-c1ccccc1. The summed E-state index contributed by atoms with van der Waals surface area (Å²) in [6.45, 7) is 1.58. The normalized spacial score (nSPS) is 13.8. The van der Waals surface area contributed by atoms with E-state index in [2.05, 4.69) is 30.3 Å². The molecule has 0 bridgehead atoms. The molecular weight excluding hydrogens is 414 g/mol. The van der Waals surface area contributed by atoms with Crippen LogP contribution in [0.25, 0.3) is 28.3 Å². The molecule has 4 rings (SSSR count). The van der Waals surface area contributed by atoms with Crippen molar-refractivity contribution in [3.63, 3.8) is 0 Å². The van der Waals surface area contributed by atoms with Crippen molar-refractivity contribution < 1.29 is 19.4 Å². The topological polar surface area (TPSA) is 89.6 Å². The van der Waals surface area contributed by atoms with E-state index in [-0.39, 0.29) is 6.42 Å². The van der Waals surface area contributed by atoms with Crippen LogP contribution in [0.15, 0.2) is 78.4 Å². The lowest BCUT2D eigenvalue weighted by molar-refractivity contribution is -0.139. The van der Waals surface area contributed by atoms with Crippen LogP contribution >= 0.6 is 0 Å². The maximum Gasteiger partial charge on any atom is 0.341 e. The van der Waals surface area contributed by atoms with E-state index in [1.807, 2.05) is 49.4 Å². The largest absolute Gasteiger partial charge is 0.481 e. The Hall–Kier alpha value is -4.12. The highest BCUT2D eigenvalue weighted by atomic mass is 16.5. The zero-order valence-corrected chi connectivity index (χ0v) is 18.4. The number of carboxylic acid groups (broad SMARTS) is 1. The van der Waals surface area contributed by atoms with Gasteiger partial charge in [0.2, 0.25) is 5.91 Å². The number of carbonyl (C=O) groups is 2. The van der Waals surface area contributed by atoms with Crippen molar-refractivity contribution in [1.82, 2.24) is 0 Å². The van der Waals surface area contributed by atoms with Crippen LogP contribution in [-0.4, -0.2) is 23.6 Å². The number of rotatable bonds is 8. The first-order valence-electron chi connectivity index (χ1n) is 10.8. The fourth-order valence-corrected chi connectivity index (χ4v) is 4.40. The molecule has 0 atom stereocenters. The van der Waals surface area contributed by atoms with Crippen LogP contribution in [0, 0.1) is 0 Å². The molecule has 1 aliphatic carbocycles. The molecule has 0 saturated carbocycles. The number of benzene rings is 3. The monoisotopic (exact) mass is 439 g/mol. The molecule has 0 spiro atoms. The summed E-state index contributed by atoms with van der Waals surface area (Å²) in [5.41, 5.74) is 13.3. The molecule has 1 aliphatic rings. The lowest BCUT2D eigenvalue weighted by Gasteiger charge is -2.12. The highest BCUT2D eigenvalue weighted by molar-refractivity contribution is 6.10. The molecule has 0 heterocycles. The number of primary amides is 1. The second-order valence-corrected chi connectivity index (χ2v) is 7.83. The van der Waals surface area contributed by atoms with Crippen LogP contribution in [0.1, 0.15) is 36.5 Å². The van der Waals surface area contributed by atoms with Gasteiger partial charge < -0.3 is 15.6 Å². The molecule has 3 aromatic rings. The van der Waals surface area contributed by atoms with Crippen molar-refractivity contribution in [3.8, 4) is 16.9 Å². The predicted octanol–water partition coefficient (Wildman–Crippen LogP) is 5.41. The molecule has 3 N–H and O–H groups in total. The minimum Gasteiger partial charge on any atom is -0.481 e. The molecule has 166 valence electrons. The third kappa shape index (κ3) is 4.58. The number of fused-ring (bicyclic) bond motifs is 1. The van der Waals surface area contributed by atoms with E-state index < -0.39 is 18.5 Å². The van der Waals surface area contributed by atoms with Gasteiger partial charge in [-0.2, -0.15) is 0 Å². The summed E-state index contributed by atoms with van der Waals surface area (Å²) in [6, 6.07) is 23.9. The van der Waals surface area contributed by atoms with Crippen molar-refractivity contribution in [2.75, 3.05) is 6.61 Å². The number of nitrogens with two attached hydrogens (primary N) is 1. The summed E-state index contributed by atoms with van der Waals surface area (Å²) < 4.78 is 5.59. The molecule has 5 nitrogen and oxygen atoms in total. The van der Waals surface area contributed by atoms with Crippen LogP contribution in [0.3, 0.4) is 0 Å². The third-order valence-electron chi connectivity index (χ3n) is 5.71. The summed E-state index contributed by atoms with van der Waals surface area (Å²) in [5.74, 6) is -1.06. The fourth-order valence-electron chi connectivity index (χ4n) is 4.40. The summed E-state index contributed by atoms with van der Waals surface area (Å²) in [7, 11) is 0. The maximum absolute atomic E-state index is 11.9. The Morgan fingerprint density at radius 2 is 1.61 bits per heavy atom. The first-order chi connectivity index (χ1) is 16.0. The van der Waals surface area contributed by atoms with Crippen molar-refractivity contribution in [2.24, 2.45) is 5.73 Å². The molecule has 0 aromatic heterocycles. The molecular formula is C28H25NO4. The van der Waals surface area contributed by atoms with E-state index in [1.165, 1.54) is 0 Å². The molecule has 0 aliphatic heterocycles. The first-order valence-corrected chi connectivity index (χ1v) is 10.8. The molecule has 3 aromatic carbocycles. The number of allylic oxidation sites excluding steroid dienone is 2. The van der Waals surface area contributed by atoms with Gasteiger partial charge in [-0.05, 0) is 57.5 Å². The molecule has 0 saturated heterocycles. The Morgan fingerprint density at radius 1 is 0.909 bits per heavy atom. The maximum atomic E-state index is 11.9. The Balaban J connectivity index is 1.92. The van der Waals surface area contributed by atoms with Gasteiger partial charge in [-0.3, -0.25) is 4.79 Å². The van der Waals surface area contributed by atoms with Gasteiger partial charge in [0, 0.05) is 5.56 Å². The van der Waals surface area contributed by atoms with E-state index >= 15 is 0 Å². The summed E-state index contributed by atoms with van der Waals surface area (Å²) in [4.78, 5) is 23.0. The zero-order valence-electron chi connectivity index (χ0n) is 18.4. The summed E-state index contributed by atoms with van der Waals surface area (Å²) in [5, 5.41) is 9.10. The minimum absolute atomic E-state index is 0.0568. The smallest absolute Gasteiger partial charge is 0.341 e. The van der Waals surface area contributed by atoms with Crippen molar-refractivity contribution in [2.45, 2.75) is 19.8 Å². The lowest BCUT2D eigenvalue weighted by atomic mass is 9.94. The average Bonchev–Trinajstić information content (AvgIpc) is 3.10.